The van der Waals surface area contributed by atoms with Crippen molar-refractivity contribution in [1.82, 2.24) is 4.37 Å². The zero-order chi connectivity index (χ0) is 14.8. The van der Waals surface area contributed by atoms with Gasteiger partial charge in [0.05, 0.1) is 11.9 Å². The van der Waals surface area contributed by atoms with E-state index in [1.54, 1.807) is 6.92 Å². The van der Waals surface area contributed by atoms with Gasteiger partial charge in [-0.15, -0.1) is 0 Å². The van der Waals surface area contributed by atoms with Crippen molar-refractivity contribution in [2.45, 2.75) is 37.7 Å². The summed E-state index contributed by atoms with van der Waals surface area (Å²) in [6, 6.07) is 0. The van der Waals surface area contributed by atoms with Crippen LogP contribution < -0.4 is 11.1 Å². The fraction of sp³-hybridized carbons (Fsp3) is 0.750. The Morgan fingerprint density at radius 3 is 2.90 bits per heavy atom. The normalized spacial score (nSPS) is 23.1. The summed E-state index contributed by atoms with van der Waals surface area (Å²) in [5.41, 5.74) is 5.70. The summed E-state index contributed by atoms with van der Waals surface area (Å²) in [6.07, 6.45) is 2.21. The Bertz CT molecular complexity index is 556. The Kier molecular flexibility index (Phi) is 4.87. The van der Waals surface area contributed by atoms with Crippen LogP contribution in [-0.2, 0) is 14.6 Å². The summed E-state index contributed by atoms with van der Waals surface area (Å²) in [5.74, 6) is 0.517. The van der Waals surface area contributed by atoms with Crippen LogP contribution in [0.4, 0.5) is 10.8 Å². The molecule has 1 aliphatic heterocycles. The van der Waals surface area contributed by atoms with Crippen LogP contribution in [0.2, 0.25) is 0 Å². The largest absolute Gasteiger partial charge is 0.382 e. The Morgan fingerprint density at radius 2 is 2.25 bits per heavy atom. The predicted octanol–water partition coefficient (Wildman–Crippen LogP) is 1.75. The molecule has 0 spiro atoms. The number of nitrogens with one attached hydrogen (secondary N) is 1. The van der Waals surface area contributed by atoms with Crippen LogP contribution in [0.3, 0.4) is 0 Å². The smallest absolute Gasteiger partial charge is 0.184 e. The van der Waals surface area contributed by atoms with Gasteiger partial charge in [0, 0.05) is 19.1 Å². The molecule has 2 rings (SSSR count). The molecule has 2 heterocycles. The fourth-order valence-corrected chi connectivity index (χ4v) is 4.63. The number of nitrogens with two attached hydrogens (primary N) is 1. The first-order valence-electron chi connectivity index (χ1n) is 6.83. The van der Waals surface area contributed by atoms with Crippen molar-refractivity contribution in [2.24, 2.45) is 5.92 Å². The molecular formula is C12H21N3O3S2. The molecule has 2 atom stereocenters. The summed E-state index contributed by atoms with van der Waals surface area (Å²) in [6.45, 7) is 5.16. The van der Waals surface area contributed by atoms with Gasteiger partial charge in [0.25, 0.3) is 0 Å². The molecule has 0 radical (unpaired) electrons. The summed E-state index contributed by atoms with van der Waals surface area (Å²) in [5, 5.41) is 3.74. The SMILES string of the molecule is CCC1OCCC1CNc1snc(N)c1S(=O)(=O)CC. The third-order valence-corrected chi connectivity index (χ3v) is 6.38. The van der Waals surface area contributed by atoms with E-state index in [1.165, 1.54) is 0 Å². The Morgan fingerprint density at radius 1 is 1.50 bits per heavy atom. The number of sulfone groups is 1. The lowest BCUT2D eigenvalue weighted by Crippen LogP contribution is -2.23. The highest BCUT2D eigenvalue weighted by atomic mass is 32.2. The second kappa shape index (κ2) is 6.28. The van der Waals surface area contributed by atoms with Crippen LogP contribution in [0, 0.1) is 5.92 Å². The highest BCUT2D eigenvalue weighted by Crippen LogP contribution is 2.33. The predicted molar refractivity (Wildman–Crippen MR) is 80.9 cm³/mol. The molecule has 1 aromatic rings. The van der Waals surface area contributed by atoms with Crippen LogP contribution in [-0.4, -0.2) is 37.8 Å². The minimum Gasteiger partial charge on any atom is -0.382 e. The first-order chi connectivity index (χ1) is 9.49. The fourth-order valence-electron chi connectivity index (χ4n) is 2.45. The lowest BCUT2D eigenvalue weighted by atomic mass is 10.00. The van der Waals surface area contributed by atoms with Gasteiger partial charge in [-0.1, -0.05) is 13.8 Å². The van der Waals surface area contributed by atoms with E-state index >= 15 is 0 Å². The molecule has 0 aliphatic carbocycles. The summed E-state index contributed by atoms with van der Waals surface area (Å²) in [7, 11) is -3.35. The van der Waals surface area contributed by atoms with Crippen LogP contribution in [0.25, 0.3) is 0 Å². The van der Waals surface area contributed by atoms with Crippen LogP contribution in [0.1, 0.15) is 26.7 Å². The average molecular weight is 319 g/mol. The number of hydrogen-bond donors (Lipinski definition) is 2. The Labute approximate surface area is 123 Å². The van der Waals surface area contributed by atoms with Crippen molar-refractivity contribution in [3.05, 3.63) is 0 Å². The van der Waals surface area contributed by atoms with Crippen LogP contribution >= 0.6 is 11.5 Å². The molecule has 8 heteroatoms. The molecule has 1 aromatic heterocycles. The molecule has 0 aromatic carbocycles. The molecule has 6 nitrogen and oxygen atoms in total. The molecule has 1 aliphatic rings. The molecule has 3 N–H and O–H groups in total. The van der Waals surface area contributed by atoms with Crippen LogP contribution in [0.5, 0.6) is 0 Å². The second-order valence-corrected chi connectivity index (χ2v) is 7.87. The molecule has 20 heavy (non-hydrogen) atoms. The first-order valence-corrected chi connectivity index (χ1v) is 9.25. The van der Waals surface area contributed by atoms with Crippen molar-refractivity contribution < 1.29 is 13.2 Å². The maximum absolute atomic E-state index is 12.0. The molecule has 2 unspecified atom stereocenters. The van der Waals surface area contributed by atoms with E-state index in [0.29, 0.717) is 17.5 Å². The van der Waals surface area contributed by atoms with E-state index in [-0.39, 0.29) is 22.6 Å². The van der Waals surface area contributed by atoms with Gasteiger partial charge in [0.2, 0.25) is 0 Å². The molecule has 1 fully saturated rings. The van der Waals surface area contributed by atoms with Crippen molar-refractivity contribution in [2.75, 3.05) is 30.0 Å². The maximum atomic E-state index is 12.0. The van der Waals surface area contributed by atoms with Gasteiger partial charge < -0.3 is 15.8 Å². The number of aromatic nitrogens is 1. The van der Waals surface area contributed by atoms with Gasteiger partial charge in [-0.25, -0.2) is 8.42 Å². The van der Waals surface area contributed by atoms with Crippen molar-refractivity contribution in [3.63, 3.8) is 0 Å². The lowest BCUT2D eigenvalue weighted by molar-refractivity contribution is 0.0900. The summed E-state index contributed by atoms with van der Waals surface area (Å²) < 4.78 is 33.7. The maximum Gasteiger partial charge on any atom is 0.184 e. The molecule has 114 valence electrons. The third-order valence-electron chi connectivity index (χ3n) is 3.64. The van der Waals surface area contributed by atoms with Gasteiger partial charge >= 0.3 is 0 Å². The Hall–Kier alpha value is -0.860. The number of hydrogen-bond acceptors (Lipinski definition) is 7. The van der Waals surface area contributed by atoms with E-state index in [9.17, 15) is 8.42 Å². The number of rotatable bonds is 6. The van der Waals surface area contributed by atoms with E-state index in [0.717, 1.165) is 31.0 Å². The highest BCUT2D eigenvalue weighted by molar-refractivity contribution is 7.91. The minimum absolute atomic E-state index is 0.0222. The van der Waals surface area contributed by atoms with Crippen molar-refractivity contribution in [3.8, 4) is 0 Å². The van der Waals surface area contributed by atoms with Crippen LogP contribution in [0.15, 0.2) is 4.90 Å². The quantitative estimate of drug-likeness (QED) is 0.829. The monoisotopic (exact) mass is 319 g/mol. The molecule has 0 saturated carbocycles. The van der Waals surface area contributed by atoms with Gasteiger partial charge in [0.15, 0.2) is 15.7 Å². The standard InChI is InChI=1S/C12H21N3O3S2/c1-3-9-8(5-6-18-9)7-14-12-10(11(13)15-19-12)20(16,17)4-2/h8-9,14H,3-7H2,1-2H3,(H2,13,15). The molecular weight excluding hydrogens is 298 g/mol. The first kappa shape index (κ1) is 15.5. The minimum atomic E-state index is -3.35. The van der Waals surface area contributed by atoms with E-state index in [2.05, 4.69) is 16.6 Å². The second-order valence-electron chi connectivity index (χ2n) is 4.88. The van der Waals surface area contributed by atoms with Gasteiger partial charge in [0.1, 0.15) is 9.90 Å². The van der Waals surface area contributed by atoms with E-state index < -0.39 is 9.84 Å². The van der Waals surface area contributed by atoms with Crippen molar-refractivity contribution in [1.29, 1.82) is 0 Å². The van der Waals surface area contributed by atoms with E-state index in [4.69, 9.17) is 10.5 Å². The summed E-state index contributed by atoms with van der Waals surface area (Å²) in [4.78, 5) is 0.150. The summed E-state index contributed by atoms with van der Waals surface area (Å²) >= 11 is 1.10. The lowest BCUT2D eigenvalue weighted by Gasteiger charge is -2.17. The van der Waals surface area contributed by atoms with Gasteiger partial charge in [-0.3, -0.25) is 0 Å². The highest BCUT2D eigenvalue weighted by Gasteiger charge is 2.28. The van der Waals surface area contributed by atoms with Gasteiger partial charge in [-0.05, 0) is 24.4 Å². The third kappa shape index (κ3) is 3.07. The average Bonchev–Trinajstić information content (AvgIpc) is 3.02. The Balaban J connectivity index is 2.11. The zero-order valence-electron chi connectivity index (χ0n) is 11.8. The topological polar surface area (TPSA) is 94.3 Å². The zero-order valence-corrected chi connectivity index (χ0v) is 13.4. The number of nitrogens with zero attached hydrogens (tertiary/aromatic N) is 1. The molecule has 0 amide bonds. The van der Waals surface area contributed by atoms with E-state index in [1.807, 2.05) is 0 Å². The van der Waals surface area contributed by atoms with Gasteiger partial charge in [-0.2, -0.15) is 4.37 Å². The number of nitrogen functional groups attached to an aromatic ring is 1. The number of ether oxygens (including phenoxy) is 1. The molecule has 1 saturated heterocycles. The molecule has 0 bridgehead atoms. The van der Waals surface area contributed by atoms with Crippen molar-refractivity contribution >= 4 is 32.2 Å². The number of anilines is 2.